The number of piperidine rings is 1. The van der Waals surface area contributed by atoms with E-state index in [-0.39, 0.29) is 0 Å². The SMILES string of the molecule is CC1/C(=C/C2=CC=C(c3ccccc3)C2)C(=O)NC(=O)C1C#N. The number of imide groups is 1. The van der Waals surface area contributed by atoms with Crippen molar-refractivity contribution in [3.05, 3.63) is 65.3 Å². The van der Waals surface area contributed by atoms with Crippen LogP contribution in [-0.2, 0) is 9.59 Å². The van der Waals surface area contributed by atoms with Gasteiger partial charge in [0.05, 0.1) is 6.07 Å². The first kappa shape index (κ1) is 15.0. The molecule has 0 bridgehead atoms. The number of nitrogens with one attached hydrogen (secondary N) is 1. The molecule has 2 aliphatic rings. The minimum Gasteiger partial charge on any atom is -0.291 e. The van der Waals surface area contributed by atoms with Gasteiger partial charge in [0.2, 0.25) is 5.91 Å². The van der Waals surface area contributed by atoms with Crippen molar-refractivity contribution in [1.82, 2.24) is 5.32 Å². The summed E-state index contributed by atoms with van der Waals surface area (Å²) in [6.07, 6.45) is 6.56. The zero-order valence-electron chi connectivity index (χ0n) is 12.7. The fourth-order valence-electron chi connectivity index (χ4n) is 2.94. The Morgan fingerprint density at radius 3 is 2.65 bits per heavy atom. The molecule has 4 nitrogen and oxygen atoms in total. The van der Waals surface area contributed by atoms with E-state index in [0.717, 1.165) is 17.6 Å². The second-order valence-electron chi connectivity index (χ2n) is 5.79. The van der Waals surface area contributed by atoms with Crippen molar-refractivity contribution >= 4 is 17.4 Å². The lowest BCUT2D eigenvalue weighted by atomic mass is 9.83. The largest absolute Gasteiger partial charge is 0.291 e. The quantitative estimate of drug-likeness (QED) is 0.674. The first-order valence-corrected chi connectivity index (χ1v) is 7.51. The lowest BCUT2D eigenvalue weighted by Crippen LogP contribution is -2.46. The van der Waals surface area contributed by atoms with Crippen LogP contribution in [0.15, 0.2) is 59.7 Å². The van der Waals surface area contributed by atoms with Crippen LogP contribution in [0.2, 0.25) is 0 Å². The Morgan fingerprint density at radius 2 is 1.96 bits per heavy atom. The second-order valence-corrected chi connectivity index (χ2v) is 5.79. The Bertz CT molecular complexity index is 794. The van der Waals surface area contributed by atoms with E-state index >= 15 is 0 Å². The minimum absolute atomic E-state index is 0.400. The highest BCUT2D eigenvalue weighted by atomic mass is 16.2. The maximum atomic E-state index is 12.1. The van der Waals surface area contributed by atoms with Crippen molar-refractivity contribution in [2.45, 2.75) is 13.3 Å². The second kappa shape index (κ2) is 6.05. The van der Waals surface area contributed by atoms with Crippen molar-refractivity contribution in [1.29, 1.82) is 5.26 Å². The Labute approximate surface area is 134 Å². The van der Waals surface area contributed by atoms with Gasteiger partial charge in [0.15, 0.2) is 0 Å². The van der Waals surface area contributed by atoms with Gasteiger partial charge in [-0.1, -0.05) is 49.4 Å². The molecular formula is C19H16N2O2. The van der Waals surface area contributed by atoms with Gasteiger partial charge in [-0.05, 0) is 29.2 Å². The molecule has 1 saturated heterocycles. The molecule has 114 valence electrons. The summed E-state index contributed by atoms with van der Waals surface area (Å²) in [6, 6.07) is 12.0. The van der Waals surface area contributed by atoms with Crippen LogP contribution >= 0.6 is 0 Å². The standard InChI is InChI=1S/C19H16N2O2/c1-12-16(18(22)21-19(23)17(12)11-20)10-13-7-8-15(9-13)14-5-3-2-4-6-14/h2-8,10,12,17H,9H2,1H3,(H,21,22,23)/b16-10-. The Hall–Kier alpha value is -2.93. The zero-order chi connectivity index (χ0) is 16.4. The number of allylic oxidation sites excluding steroid dienone is 5. The van der Waals surface area contributed by atoms with Crippen LogP contribution < -0.4 is 5.32 Å². The molecule has 1 aromatic rings. The zero-order valence-corrected chi connectivity index (χ0v) is 12.7. The van der Waals surface area contributed by atoms with Gasteiger partial charge < -0.3 is 0 Å². The first-order chi connectivity index (χ1) is 11.1. The molecular weight excluding hydrogens is 288 g/mol. The summed E-state index contributed by atoms with van der Waals surface area (Å²) in [4.78, 5) is 23.7. The van der Waals surface area contributed by atoms with Crippen molar-refractivity contribution in [3.63, 3.8) is 0 Å². The number of rotatable bonds is 2. The Balaban J connectivity index is 1.79. The number of hydrogen-bond acceptors (Lipinski definition) is 3. The van der Waals surface area contributed by atoms with Crippen LogP contribution in [-0.4, -0.2) is 11.8 Å². The van der Waals surface area contributed by atoms with Gasteiger partial charge in [0.1, 0.15) is 5.92 Å². The van der Waals surface area contributed by atoms with E-state index < -0.39 is 23.7 Å². The normalized spacial score (nSPS) is 25.7. The third-order valence-corrected chi connectivity index (χ3v) is 4.29. The monoisotopic (exact) mass is 304 g/mol. The lowest BCUT2D eigenvalue weighted by Gasteiger charge is -2.25. The van der Waals surface area contributed by atoms with Crippen LogP contribution in [0.4, 0.5) is 0 Å². The van der Waals surface area contributed by atoms with Gasteiger partial charge in [-0.15, -0.1) is 0 Å². The van der Waals surface area contributed by atoms with E-state index in [1.54, 1.807) is 6.92 Å². The van der Waals surface area contributed by atoms with E-state index in [0.29, 0.717) is 5.57 Å². The van der Waals surface area contributed by atoms with Crippen molar-refractivity contribution in [2.75, 3.05) is 0 Å². The third kappa shape index (κ3) is 2.86. The highest BCUT2D eigenvalue weighted by Gasteiger charge is 2.37. The topological polar surface area (TPSA) is 70.0 Å². The van der Waals surface area contributed by atoms with E-state index in [2.05, 4.69) is 17.4 Å². The maximum Gasteiger partial charge on any atom is 0.254 e. The Kier molecular flexibility index (Phi) is 3.94. The molecule has 1 fully saturated rings. The summed E-state index contributed by atoms with van der Waals surface area (Å²) in [5.41, 5.74) is 3.84. The third-order valence-electron chi connectivity index (χ3n) is 4.29. The van der Waals surface area contributed by atoms with Crippen LogP contribution in [0.3, 0.4) is 0 Å². The number of carbonyl (C=O) groups is 2. The lowest BCUT2D eigenvalue weighted by molar-refractivity contribution is -0.133. The smallest absolute Gasteiger partial charge is 0.254 e. The average molecular weight is 304 g/mol. The molecule has 0 radical (unpaired) electrons. The highest BCUT2D eigenvalue weighted by molar-refractivity contribution is 6.09. The van der Waals surface area contributed by atoms with E-state index in [9.17, 15) is 9.59 Å². The summed E-state index contributed by atoms with van der Waals surface area (Å²) < 4.78 is 0. The number of benzene rings is 1. The van der Waals surface area contributed by atoms with Gasteiger partial charge in [-0.3, -0.25) is 14.9 Å². The summed E-state index contributed by atoms with van der Waals surface area (Å²) in [5.74, 6) is -2.13. The molecule has 1 heterocycles. The van der Waals surface area contributed by atoms with Crippen molar-refractivity contribution in [2.24, 2.45) is 11.8 Å². The van der Waals surface area contributed by atoms with Crippen LogP contribution in [0.1, 0.15) is 18.9 Å². The van der Waals surface area contributed by atoms with E-state index in [4.69, 9.17) is 5.26 Å². The number of amides is 2. The summed E-state index contributed by atoms with van der Waals surface area (Å²) in [5, 5.41) is 11.4. The summed E-state index contributed by atoms with van der Waals surface area (Å²) in [6.45, 7) is 1.75. The Morgan fingerprint density at radius 1 is 1.22 bits per heavy atom. The average Bonchev–Trinajstić information content (AvgIpc) is 3.01. The molecule has 2 atom stereocenters. The molecule has 3 rings (SSSR count). The molecule has 1 N–H and O–H groups in total. The molecule has 2 unspecified atom stereocenters. The number of nitrogens with zero attached hydrogens (tertiary/aromatic N) is 1. The molecule has 0 spiro atoms. The van der Waals surface area contributed by atoms with Crippen LogP contribution in [0.5, 0.6) is 0 Å². The fourth-order valence-corrected chi connectivity index (χ4v) is 2.94. The summed E-state index contributed by atoms with van der Waals surface area (Å²) in [7, 11) is 0. The molecule has 2 amide bonds. The van der Waals surface area contributed by atoms with E-state index in [1.807, 2.05) is 42.5 Å². The predicted molar refractivity (Wildman–Crippen MR) is 86.6 cm³/mol. The van der Waals surface area contributed by atoms with E-state index in [1.165, 1.54) is 5.57 Å². The molecule has 1 aliphatic heterocycles. The highest BCUT2D eigenvalue weighted by Crippen LogP contribution is 2.32. The molecule has 23 heavy (non-hydrogen) atoms. The molecule has 0 saturated carbocycles. The maximum absolute atomic E-state index is 12.1. The van der Waals surface area contributed by atoms with Crippen molar-refractivity contribution in [3.8, 4) is 6.07 Å². The number of carbonyl (C=O) groups excluding carboxylic acids is 2. The summed E-state index contributed by atoms with van der Waals surface area (Å²) >= 11 is 0. The van der Waals surface area contributed by atoms with Crippen molar-refractivity contribution < 1.29 is 9.59 Å². The van der Waals surface area contributed by atoms with Gasteiger partial charge in [-0.25, -0.2) is 0 Å². The minimum atomic E-state index is -0.817. The van der Waals surface area contributed by atoms with Gasteiger partial charge in [-0.2, -0.15) is 5.26 Å². The molecule has 4 heteroatoms. The number of nitriles is 1. The fraction of sp³-hybridized carbons (Fsp3) is 0.211. The van der Waals surface area contributed by atoms with Crippen LogP contribution in [0.25, 0.3) is 5.57 Å². The molecule has 1 aliphatic carbocycles. The molecule has 0 aromatic heterocycles. The predicted octanol–water partition coefficient (Wildman–Crippen LogP) is 2.76. The number of hydrogen-bond donors (Lipinski definition) is 1. The van der Waals surface area contributed by atoms with Gasteiger partial charge >= 0.3 is 0 Å². The molecule has 1 aromatic carbocycles. The van der Waals surface area contributed by atoms with Crippen LogP contribution in [0, 0.1) is 23.2 Å². The van der Waals surface area contributed by atoms with Gasteiger partial charge in [0, 0.05) is 11.5 Å². The van der Waals surface area contributed by atoms with Gasteiger partial charge in [0.25, 0.3) is 5.91 Å². The first-order valence-electron chi connectivity index (χ1n) is 7.51.